The molecule has 1 aliphatic heterocycles. The first-order valence-electron chi connectivity index (χ1n) is 7.49. The summed E-state index contributed by atoms with van der Waals surface area (Å²) in [5.41, 5.74) is 6.56. The van der Waals surface area contributed by atoms with E-state index in [2.05, 4.69) is 25.7 Å². The lowest BCUT2D eigenvalue weighted by atomic mass is 9.73. The molecule has 1 aliphatic carbocycles. The zero-order chi connectivity index (χ0) is 12.5. The zero-order valence-corrected chi connectivity index (χ0v) is 11.9. The van der Waals surface area contributed by atoms with Crippen LogP contribution >= 0.6 is 0 Å². The minimum absolute atomic E-state index is 0.544. The topological polar surface area (TPSA) is 29.3 Å². The van der Waals surface area contributed by atoms with Crippen molar-refractivity contribution < 1.29 is 0 Å². The molecule has 17 heavy (non-hydrogen) atoms. The van der Waals surface area contributed by atoms with Crippen LogP contribution in [-0.4, -0.2) is 30.1 Å². The van der Waals surface area contributed by atoms with Crippen molar-refractivity contribution in [2.24, 2.45) is 17.1 Å². The highest BCUT2D eigenvalue weighted by Gasteiger charge is 2.37. The average Bonchev–Trinajstić information content (AvgIpc) is 2.27. The van der Waals surface area contributed by atoms with Crippen molar-refractivity contribution in [2.45, 2.75) is 71.4 Å². The van der Waals surface area contributed by atoms with Gasteiger partial charge >= 0.3 is 0 Å². The Balaban J connectivity index is 2.04. The van der Waals surface area contributed by atoms with Crippen LogP contribution in [0.3, 0.4) is 0 Å². The van der Waals surface area contributed by atoms with E-state index in [0.29, 0.717) is 11.5 Å². The molecule has 0 amide bonds. The molecule has 0 bridgehead atoms. The van der Waals surface area contributed by atoms with E-state index >= 15 is 0 Å². The smallest absolute Gasteiger partial charge is 0.0246 e. The van der Waals surface area contributed by atoms with Gasteiger partial charge in [0, 0.05) is 18.6 Å². The summed E-state index contributed by atoms with van der Waals surface area (Å²) in [5, 5.41) is 0. The van der Waals surface area contributed by atoms with E-state index in [1.807, 2.05) is 0 Å². The Hall–Kier alpha value is -0.0800. The zero-order valence-electron chi connectivity index (χ0n) is 11.9. The van der Waals surface area contributed by atoms with Crippen LogP contribution in [0.5, 0.6) is 0 Å². The molecular formula is C15H30N2. The minimum atomic E-state index is 0.544. The van der Waals surface area contributed by atoms with Gasteiger partial charge in [0.2, 0.25) is 0 Å². The summed E-state index contributed by atoms with van der Waals surface area (Å²) in [6.07, 6.45) is 8.31. The molecule has 1 saturated carbocycles. The standard InChI is InChI=1S/C15H30N2/c1-12-6-5-9-17(14(12)11-16)13-7-4-8-15(2,3)10-13/h12-14H,4-11,16H2,1-3H3. The molecule has 0 aromatic rings. The molecule has 2 N–H and O–H groups in total. The van der Waals surface area contributed by atoms with Gasteiger partial charge in [-0.15, -0.1) is 0 Å². The third-order valence-corrected chi connectivity index (χ3v) is 5.05. The number of likely N-dealkylation sites (tertiary alicyclic amines) is 1. The molecule has 3 atom stereocenters. The second-order valence-corrected chi connectivity index (χ2v) is 7.07. The fourth-order valence-electron chi connectivity index (χ4n) is 4.04. The van der Waals surface area contributed by atoms with E-state index in [-0.39, 0.29) is 0 Å². The molecule has 3 unspecified atom stereocenters. The molecule has 0 spiro atoms. The van der Waals surface area contributed by atoms with E-state index in [4.69, 9.17) is 5.73 Å². The molecular weight excluding hydrogens is 208 g/mol. The van der Waals surface area contributed by atoms with Crippen molar-refractivity contribution in [1.29, 1.82) is 0 Å². The summed E-state index contributed by atoms with van der Waals surface area (Å²) in [4.78, 5) is 2.76. The van der Waals surface area contributed by atoms with Crippen LogP contribution < -0.4 is 5.73 Å². The van der Waals surface area contributed by atoms with E-state index < -0.39 is 0 Å². The van der Waals surface area contributed by atoms with Crippen LogP contribution in [0.15, 0.2) is 0 Å². The monoisotopic (exact) mass is 238 g/mol. The Morgan fingerprint density at radius 1 is 1.24 bits per heavy atom. The summed E-state index contributed by atoms with van der Waals surface area (Å²) in [6.45, 7) is 9.39. The van der Waals surface area contributed by atoms with Gasteiger partial charge in [-0.1, -0.05) is 27.2 Å². The summed E-state index contributed by atoms with van der Waals surface area (Å²) >= 11 is 0. The molecule has 0 aromatic carbocycles. The summed E-state index contributed by atoms with van der Waals surface area (Å²) in [6, 6.07) is 1.44. The lowest BCUT2D eigenvalue weighted by molar-refractivity contribution is 0.0187. The third kappa shape index (κ3) is 3.03. The summed E-state index contributed by atoms with van der Waals surface area (Å²) in [7, 11) is 0. The maximum Gasteiger partial charge on any atom is 0.0246 e. The lowest BCUT2D eigenvalue weighted by Gasteiger charge is -2.48. The molecule has 100 valence electrons. The number of hydrogen-bond acceptors (Lipinski definition) is 2. The second-order valence-electron chi connectivity index (χ2n) is 7.07. The van der Waals surface area contributed by atoms with Crippen molar-refractivity contribution >= 4 is 0 Å². The Bertz CT molecular complexity index is 249. The van der Waals surface area contributed by atoms with Crippen LogP contribution in [-0.2, 0) is 0 Å². The lowest BCUT2D eigenvalue weighted by Crippen LogP contribution is -2.54. The predicted molar refractivity (Wildman–Crippen MR) is 74.0 cm³/mol. The van der Waals surface area contributed by atoms with Crippen molar-refractivity contribution in [2.75, 3.05) is 13.1 Å². The number of rotatable bonds is 2. The highest BCUT2D eigenvalue weighted by molar-refractivity contribution is 4.91. The predicted octanol–water partition coefficient (Wildman–Crippen LogP) is 3.01. The second kappa shape index (κ2) is 5.27. The fourth-order valence-corrected chi connectivity index (χ4v) is 4.04. The van der Waals surface area contributed by atoms with Gasteiger partial charge in [0.05, 0.1) is 0 Å². The Labute approximate surface area is 107 Å². The van der Waals surface area contributed by atoms with Gasteiger partial charge in [-0.2, -0.15) is 0 Å². The van der Waals surface area contributed by atoms with E-state index in [9.17, 15) is 0 Å². The van der Waals surface area contributed by atoms with Gasteiger partial charge in [-0.05, 0) is 50.0 Å². The molecule has 0 aromatic heterocycles. The van der Waals surface area contributed by atoms with Crippen LogP contribution in [0.25, 0.3) is 0 Å². The molecule has 2 heteroatoms. The third-order valence-electron chi connectivity index (χ3n) is 5.05. The number of hydrogen-bond donors (Lipinski definition) is 1. The highest BCUT2D eigenvalue weighted by Crippen LogP contribution is 2.39. The average molecular weight is 238 g/mol. The van der Waals surface area contributed by atoms with Crippen molar-refractivity contribution in [3.05, 3.63) is 0 Å². The van der Waals surface area contributed by atoms with Gasteiger partial charge < -0.3 is 5.73 Å². The first-order valence-corrected chi connectivity index (χ1v) is 7.49. The molecule has 2 rings (SSSR count). The van der Waals surface area contributed by atoms with E-state index in [1.165, 1.54) is 45.1 Å². The van der Waals surface area contributed by atoms with Crippen LogP contribution in [0.4, 0.5) is 0 Å². The molecule has 0 radical (unpaired) electrons. The first kappa shape index (κ1) is 13.4. The van der Waals surface area contributed by atoms with Crippen molar-refractivity contribution in [3.63, 3.8) is 0 Å². The summed E-state index contributed by atoms with van der Waals surface area (Å²) < 4.78 is 0. The first-order chi connectivity index (χ1) is 8.03. The van der Waals surface area contributed by atoms with Crippen LogP contribution in [0.2, 0.25) is 0 Å². The number of nitrogens with two attached hydrogens (primary N) is 1. The molecule has 1 heterocycles. The van der Waals surface area contributed by atoms with Crippen LogP contribution in [0, 0.1) is 11.3 Å². The maximum absolute atomic E-state index is 6.02. The molecule has 2 nitrogen and oxygen atoms in total. The van der Waals surface area contributed by atoms with E-state index in [0.717, 1.165) is 18.5 Å². The minimum Gasteiger partial charge on any atom is -0.329 e. The quantitative estimate of drug-likeness (QED) is 0.801. The van der Waals surface area contributed by atoms with E-state index in [1.54, 1.807) is 0 Å². The van der Waals surface area contributed by atoms with Crippen molar-refractivity contribution in [3.8, 4) is 0 Å². The van der Waals surface area contributed by atoms with Crippen LogP contribution in [0.1, 0.15) is 59.3 Å². The Morgan fingerprint density at radius 2 is 2.00 bits per heavy atom. The molecule has 1 saturated heterocycles. The normalized spacial score (nSPS) is 39.2. The largest absolute Gasteiger partial charge is 0.329 e. The van der Waals surface area contributed by atoms with Gasteiger partial charge in [0.1, 0.15) is 0 Å². The van der Waals surface area contributed by atoms with Gasteiger partial charge in [0.15, 0.2) is 0 Å². The van der Waals surface area contributed by atoms with Crippen molar-refractivity contribution in [1.82, 2.24) is 4.90 Å². The SMILES string of the molecule is CC1CCCN(C2CCCC(C)(C)C2)C1CN. The number of nitrogens with zero attached hydrogens (tertiary/aromatic N) is 1. The number of piperidine rings is 1. The Morgan fingerprint density at radius 3 is 2.65 bits per heavy atom. The fraction of sp³-hybridized carbons (Fsp3) is 1.00. The van der Waals surface area contributed by atoms with Gasteiger partial charge in [-0.25, -0.2) is 0 Å². The Kier molecular flexibility index (Phi) is 4.14. The molecule has 2 fully saturated rings. The highest BCUT2D eigenvalue weighted by atomic mass is 15.2. The summed E-state index contributed by atoms with van der Waals surface area (Å²) in [5.74, 6) is 0.791. The van der Waals surface area contributed by atoms with Gasteiger partial charge in [0.25, 0.3) is 0 Å². The maximum atomic E-state index is 6.02. The molecule has 2 aliphatic rings. The van der Waals surface area contributed by atoms with Gasteiger partial charge in [-0.3, -0.25) is 4.90 Å².